The minimum absolute atomic E-state index is 0.121. The maximum absolute atomic E-state index is 11.5. The number of nitrogens with one attached hydrogen (secondary N) is 1. The van der Waals surface area contributed by atoms with Crippen LogP contribution >= 0.6 is 0 Å². The molecule has 3 N–H and O–H groups in total. The molecule has 6 heteroatoms. The largest absolute Gasteiger partial charge is 0.384 e. The fraction of sp³-hybridized carbons (Fsp3) is 0.545. The molecule has 1 aromatic heterocycles. The highest BCUT2D eigenvalue weighted by Crippen LogP contribution is 2.22. The van der Waals surface area contributed by atoms with Crippen LogP contribution in [0.1, 0.15) is 12.8 Å². The van der Waals surface area contributed by atoms with Crippen molar-refractivity contribution in [1.29, 1.82) is 0 Å². The highest BCUT2D eigenvalue weighted by atomic mass is 16.1. The normalized spacial score (nSPS) is 16.9. The Hall–Kier alpha value is -1.85. The number of nitrogens with two attached hydrogens (primary N) is 1. The number of amides is 1. The van der Waals surface area contributed by atoms with Gasteiger partial charge >= 0.3 is 0 Å². The molecule has 0 saturated carbocycles. The Morgan fingerprint density at radius 1 is 1.47 bits per heavy atom. The van der Waals surface area contributed by atoms with Crippen molar-refractivity contribution in [3.63, 3.8) is 0 Å². The molecule has 0 bridgehead atoms. The number of hydrogen-bond acceptors (Lipinski definition) is 5. The fourth-order valence-corrected chi connectivity index (χ4v) is 2.11. The van der Waals surface area contributed by atoms with E-state index in [-0.39, 0.29) is 11.8 Å². The quantitative estimate of drug-likeness (QED) is 0.755. The number of nitrogens with zero attached hydrogens (tertiary/aromatic N) is 3. The van der Waals surface area contributed by atoms with Crippen LogP contribution in [0.2, 0.25) is 0 Å². The molecule has 2 heterocycles. The van der Waals surface area contributed by atoms with Gasteiger partial charge in [0.25, 0.3) is 0 Å². The minimum Gasteiger partial charge on any atom is -0.384 e. The molecule has 0 spiro atoms. The number of carbonyl (C=O) groups is 1. The molecule has 1 fully saturated rings. The van der Waals surface area contributed by atoms with Gasteiger partial charge in [-0.15, -0.1) is 0 Å². The third-order valence-corrected chi connectivity index (χ3v) is 3.11. The van der Waals surface area contributed by atoms with Crippen LogP contribution in [0.15, 0.2) is 12.4 Å². The van der Waals surface area contributed by atoms with E-state index in [0.717, 1.165) is 31.7 Å². The van der Waals surface area contributed by atoms with Crippen molar-refractivity contribution in [2.75, 3.05) is 30.8 Å². The summed E-state index contributed by atoms with van der Waals surface area (Å²) in [5.74, 6) is 1.57. The summed E-state index contributed by atoms with van der Waals surface area (Å²) in [4.78, 5) is 21.7. The van der Waals surface area contributed by atoms with Crippen LogP contribution < -0.4 is 16.0 Å². The lowest BCUT2D eigenvalue weighted by Gasteiger charge is -2.31. The molecule has 0 aromatic carbocycles. The lowest BCUT2D eigenvalue weighted by molar-refractivity contribution is -0.125. The van der Waals surface area contributed by atoms with Crippen molar-refractivity contribution in [2.24, 2.45) is 5.92 Å². The molecule has 1 amide bonds. The molecule has 0 unspecified atom stereocenters. The number of carbonyl (C=O) groups excluding carboxylic acids is 1. The van der Waals surface area contributed by atoms with Gasteiger partial charge < -0.3 is 16.0 Å². The molecule has 0 aliphatic carbocycles. The third-order valence-electron chi connectivity index (χ3n) is 3.11. The zero-order valence-electron chi connectivity index (χ0n) is 9.89. The van der Waals surface area contributed by atoms with E-state index in [2.05, 4.69) is 20.2 Å². The van der Waals surface area contributed by atoms with Gasteiger partial charge in [0, 0.05) is 32.1 Å². The number of nitrogen functional groups attached to an aromatic ring is 1. The first-order chi connectivity index (χ1) is 8.20. The van der Waals surface area contributed by atoms with Gasteiger partial charge in [-0.3, -0.25) is 4.79 Å². The SMILES string of the molecule is CNC(=O)C1CCN(c2cc(N)ncn2)CC1. The molecule has 1 aliphatic heterocycles. The summed E-state index contributed by atoms with van der Waals surface area (Å²) in [5.41, 5.74) is 5.62. The van der Waals surface area contributed by atoms with Crippen molar-refractivity contribution in [1.82, 2.24) is 15.3 Å². The second-order valence-electron chi connectivity index (χ2n) is 4.18. The minimum atomic E-state index is 0.121. The van der Waals surface area contributed by atoms with Crippen LogP contribution in [-0.2, 0) is 4.79 Å². The standard InChI is InChI=1S/C11H17N5O/c1-13-11(17)8-2-4-16(5-3-8)10-6-9(12)14-7-15-10/h6-8H,2-5H2,1H3,(H,13,17)(H2,12,14,15). The molecule has 17 heavy (non-hydrogen) atoms. The van der Waals surface area contributed by atoms with Crippen molar-refractivity contribution < 1.29 is 4.79 Å². The highest BCUT2D eigenvalue weighted by Gasteiger charge is 2.24. The Morgan fingerprint density at radius 3 is 2.76 bits per heavy atom. The smallest absolute Gasteiger partial charge is 0.222 e. The number of hydrogen-bond donors (Lipinski definition) is 2. The van der Waals surface area contributed by atoms with Crippen LogP contribution in [0.5, 0.6) is 0 Å². The summed E-state index contributed by atoms with van der Waals surface area (Å²) in [6.45, 7) is 1.66. The van der Waals surface area contributed by atoms with E-state index < -0.39 is 0 Å². The summed E-state index contributed by atoms with van der Waals surface area (Å²) >= 11 is 0. The van der Waals surface area contributed by atoms with Crippen LogP contribution in [0.25, 0.3) is 0 Å². The zero-order valence-corrected chi connectivity index (χ0v) is 9.89. The van der Waals surface area contributed by atoms with Gasteiger partial charge in [-0.05, 0) is 12.8 Å². The fourth-order valence-electron chi connectivity index (χ4n) is 2.11. The van der Waals surface area contributed by atoms with Crippen LogP contribution in [0.3, 0.4) is 0 Å². The second kappa shape index (κ2) is 4.99. The van der Waals surface area contributed by atoms with Crippen molar-refractivity contribution in [3.8, 4) is 0 Å². The van der Waals surface area contributed by atoms with Gasteiger partial charge in [0.15, 0.2) is 0 Å². The maximum Gasteiger partial charge on any atom is 0.222 e. The second-order valence-corrected chi connectivity index (χ2v) is 4.18. The molecular formula is C11H17N5O. The van der Waals surface area contributed by atoms with Gasteiger partial charge in [0.05, 0.1) is 0 Å². The number of rotatable bonds is 2. The summed E-state index contributed by atoms with van der Waals surface area (Å²) < 4.78 is 0. The molecule has 0 radical (unpaired) electrons. The number of piperidine rings is 1. The van der Waals surface area contributed by atoms with Crippen LogP contribution in [0.4, 0.5) is 11.6 Å². The first-order valence-electron chi connectivity index (χ1n) is 5.74. The molecule has 0 atom stereocenters. The van der Waals surface area contributed by atoms with E-state index in [9.17, 15) is 4.79 Å². The monoisotopic (exact) mass is 235 g/mol. The van der Waals surface area contributed by atoms with Gasteiger partial charge in [0.1, 0.15) is 18.0 Å². The predicted molar refractivity (Wildman–Crippen MR) is 65.4 cm³/mol. The van der Waals surface area contributed by atoms with Crippen LogP contribution in [0, 0.1) is 5.92 Å². The lowest BCUT2D eigenvalue weighted by atomic mass is 9.96. The van der Waals surface area contributed by atoms with Gasteiger partial charge in [-0.25, -0.2) is 9.97 Å². The van der Waals surface area contributed by atoms with E-state index in [1.54, 1.807) is 13.1 Å². The molecule has 1 saturated heterocycles. The number of aromatic nitrogens is 2. The van der Waals surface area contributed by atoms with Crippen molar-refractivity contribution in [2.45, 2.75) is 12.8 Å². The van der Waals surface area contributed by atoms with Gasteiger partial charge in [-0.1, -0.05) is 0 Å². The molecule has 1 aliphatic rings. The first kappa shape index (κ1) is 11.6. The Balaban J connectivity index is 1.97. The molecule has 2 rings (SSSR count). The highest BCUT2D eigenvalue weighted by molar-refractivity contribution is 5.78. The Morgan fingerprint density at radius 2 is 2.18 bits per heavy atom. The average molecular weight is 235 g/mol. The van der Waals surface area contributed by atoms with Gasteiger partial charge in [-0.2, -0.15) is 0 Å². The van der Waals surface area contributed by atoms with Crippen molar-refractivity contribution >= 4 is 17.5 Å². The van der Waals surface area contributed by atoms with E-state index >= 15 is 0 Å². The van der Waals surface area contributed by atoms with E-state index in [1.807, 2.05) is 0 Å². The van der Waals surface area contributed by atoms with E-state index in [0.29, 0.717) is 5.82 Å². The summed E-state index contributed by atoms with van der Waals surface area (Å²) in [5, 5.41) is 2.70. The Kier molecular flexibility index (Phi) is 3.41. The molecule has 92 valence electrons. The summed E-state index contributed by atoms with van der Waals surface area (Å²) in [7, 11) is 1.68. The van der Waals surface area contributed by atoms with E-state index in [4.69, 9.17) is 5.73 Å². The Bertz CT molecular complexity index is 401. The molecule has 6 nitrogen and oxygen atoms in total. The topological polar surface area (TPSA) is 84.1 Å². The lowest BCUT2D eigenvalue weighted by Crippen LogP contribution is -2.39. The molecular weight excluding hydrogens is 218 g/mol. The summed E-state index contributed by atoms with van der Waals surface area (Å²) in [6, 6.07) is 1.76. The third kappa shape index (κ3) is 2.64. The predicted octanol–water partition coefficient (Wildman–Crippen LogP) is 0.0212. The molecule has 1 aromatic rings. The Labute approximate surface area is 100 Å². The van der Waals surface area contributed by atoms with E-state index in [1.165, 1.54) is 6.33 Å². The van der Waals surface area contributed by atoms with Crippen molar-refractivity contribution in [3.05, 3.63) is 12.4 Å². The summed E-state index contributed by atoms with van der Waals surface area (Å²) in [6.07, 6.45) is 3.17. The maximum atomic E-state index is 11.5. The zero-order chi connectivity index (χ0) is 12.3. The first-order valence-corrected chi connectivity index (χ1v) is 5.74. The van der Waals surface area contributed by atoms with Gasteiger partial charge in [0.2, 0.25) is 5.91 Å². The average Bonchev–Trinajstić information content (AvgIpc) is 2.38. The van der Waals surface area contributed by atoms with Crippen LogP contribution in [-0.4, -0.2) is 36.0 Å². The number of anilines is 2.